The molecule has 0 atom stereocenters. The number of imide groups is 1. The summed E-state index contributed by atoms with van der Waals surface area (Å²) in [6.45, 7) is -0.0526. The molecule has 3 amide bonds. The van der Waals surface area contributed by atoms with E-state index in [0.29, 0.717) is 0 Å². The van der Waals surface area contributed by atoms with Crippen LogP contribution in [0.5, 0.6) is 0 Å². The van der Waals surface area contributed by atoms with Crippen molar-refractivity contribution in [1.82, 2.24) is 24.7 Å². The first kappa shape index (κ1) is 17.7. The van der Waals surface area contributed by atoms with Gasteiger partial charge in [0.15, 0.2) is 0 Å². The molecule has 5 rings (SSSR count). The molecule has 9 heteroatoms. The summed E-state index contributed by atoms with van der Waals surface area (Å²) in [6, 6.07) is 14.0. The van der Waals surface area contributed by atoms with Crippen LogP contribution in [0.3, 0.4) is 0 Å². The zero-order chi connectivity index (χ0) is 20.7. The summed E-state index contributed by atoms with van der Waals surface area (Å²) in [4.78, 5) is 51.2. The molecule has 0 aliphatic carbocycles. The highest BCUT2D eigenvalue weighted by atomic mass is 16.7. The van der Waals surface area contributed by atoms with Crippen molar-refractivity contribution in [3.05, 3.63) is 90.1 Å². The van der Waals surface area contributed by atoms with Crippen molar-refractivity contribution in [1.29, 1.82) is 0 Å². The number of amides is 3. The van der Waals surface area contributed by atoms with Gasteiger partial charge in [-0.25, -0.2) is 14.8 Å². The second-order valence-corrected chi connectivity index (χ2v) is 6.66. The molecule has 148 valence electrons. The maximum atomic E-state index is 13.0. The fourth-order valence-electron chi connectivity index (χ4n) is 3.47. The summed E-state index contributed by atoms with van der Waals surface area (Å²) in [5, 5.41) is 2.70. The van der Waals surface area contributed by atoms with E-state index >= 15 is 0 Å². The second-order valence-electron chi connectivity index (χ2n) is 6.66. The van der Waals surface area contributed by atoms with Crippen molar-refractivity contribution in [2.75, 3.05) is 0 Å². The van der Waals surface area contributed by atoms with E-state index in [9.17, 15) is 14.4 Å². The first-order chi connectivity index (χ1) is 14.6. The lowest BCUT2D eigenvalue weighted by Gasteiger charge is -2.28. The number of carbonyl (C=O) groups is 3. The molecule has 1 aliphatic rings. The largest absolute Gasteiger partial charge is 0.454 e. The van der Waals surface area contributed by atoms with Gasteiger partial charge in [0.25, 0.3) is 11.8 Å². The van der Waals surface area contributed by atoms with E-state index in [-0.39, 0.29) is 17.7 Å². The van der Waals surface area contributed by atoms with Crippen molar-refractivity contribution in [3.8, 4) is 0 Å². The Balaban J connectivity index is 1.54. The van der Waals surface area contributed by atoms with Crippen LogP contribution < -0.4 is 4.84 Å². The quantitative estimate of drug-likeness (QED) is 0.530. The number of hydrogen-bond acceptors (Lipinski definition) is 5. The van der Waals surface area contributed by atoms with Crippen molar-refractivity contribution in [2.24, 2.45) is 0 Å². The zero-order valence-electron chi connectivity index (χ0n) is 15.6. The number of aromatic nitrogens is 3. The topological polar surface area (TPSA) is 101 Å². The third-order valence-electron chi connectivity index (χ3n) is 4.88. The maximum absolute atomic E-state index is 13.0. The summed E-state index contributed by atoms with van der Waals surface area (Å²) in [5.74, 6) is -1.17. The predicted octanol–water partition coefficient (Wildman–Crippen LogP) is 2.63. The van der Waals surface area contributed by atoms with Gasteiger partial charge in [0, 0.05) is 23.3 Å². The van der Waals surface area contributed by atoms with Crippen LogP contribution in [0.4, 0.5) is 4.79 Å². The first-order valence-electron chi connectivity index (χ1n) is 9.14. The molecule has 0 bridgehead atoms. The van der Waals surface area contributed by atoms with Gasteiger partial charge in [0.1, 0.15) is 6.33 Å². The van der Waals surface area contributed by atoms with Gasteiger partial charge in [-0.05, 0) is 23.8 Å². The third kappa shape index (κ3) is 2.80. The molecule has 0 saturated heterocycles. The summed E-state index contributed by atoms with van der Waals surface area (Å²) in [5.41, 5.74) is 2.08. The van der Waals surface area contributed by atoms with Crippen LogP contribution in [-0.4, -0.2) is 42.6 Å². The molecule has 9 nitrogen and oxygen atoms in total. The lowest BCUT2D eigenvalue weighted by molar-refractivity contribution is -0.00779. The highest BCUT2D eigenvalue weighted by Crippen LogP contribution is 2.27. The van der Waals surface area contributed by atoms with E-state index in [2.05, 4.69) is 9.97 Å². The average molecular weight is 401 g/mol. The molecule has 4 aromatic rings. The maximum Gasteiger partial charge on any atom is 0.454 e. The van der Waals surface area contributed by atoms with Gasteiger partial charge in [-0.1, -0.05) is 30.3 Å². The van der Waals surface area contributed by atoms with Crippen LogP contribution in [-0.2, 0) is 6.54 Å². The number of fused-ring (bicyclic) bond motifs is 2. The van der Waals surface area contributed by atoms with Crippen molar-refractivity contribution >= 4 is 28.8 Å². The zero-order valence-corrected chi connectivity index (χ0v) is 15.6. The van der Waals surface area contributed by atoms with Gasteiger partial charge in [0.05, 0.1) is 23.9 Å². The number of carbonyl (C=O) groups excluding carboxylic acids is 3. The summed E-state index contributed by atoms with van der Waals surface area (Å²) >= 11 is 0. The van der Waals surface area contributed by atoms with E-state index < -0.39 is 17.9 Å². The number of aromatic amines is 1. The lowest BCUT2D eigenvalue weighted by Crippen LogP contribution is -2.51. The van der Waals surface area contributed by atoms with Gasteiger partial charge in [-0.3, -0.25) is 9.59 Å². The SMILES string of the molecule is O=C(On1ccnc1)N(Cc1c[nH]c2ccccc12)N1C(=O)c2ccccc2C1=O. The Kier molecular flexibility index (Phi) is 4.06. The van der Waals surface area contributed by atoms with Crippen LogP contribution >= 0.6 is 0 Å². The molecule has 2 aromatic carbocycles. The van der Waals surface area contributed by atoms with Crippen molar-refractivity contribution in [2.45, 2.75) is 6.54 Å². The minimum absolute atomic E-state index is 0.0526. The van der Waals surface area contributed by atoms with E-state index in [1.807, 2.05) is 24.3 Å². The molecule has 0 saturated carbocycles. The van der Waals surface area contributed by atoms with E-state index in [1.165, 1.54) is 18.7 Å². The summed E-state index contributed by atoms with van der Waals surface area (Å²) in [6.07, 6.45) is 5.02. The molecule has 0 fully saturated rings. The van der Waals surface area contributed by atoms with Crippen LogP contribution in [0, 0.1) is 0 Å². The number of para-hydroxylation sites is 1. The number of nitrogens with one attached hydrogen (secondary N) is 1. The minimum Gasteiger partial charge on any atom is -0.361 e. The number of nitrogens with zero attached hydrogens (tertiary/aromatic N) is 4. The van der Waals surface area contributed by atoms with Crippen LogP contribution in [0.1, 0.15) is 26.3 Å². The smallest absolute Gasteiger partial charge is 0.361 e. The van der Waals surface area contributed by atoms with Gasteiger partial charge >= 0.3 is 6.09 Å². The molecule has 1 aliphatic heterocycles. The summed E-state index contributed by atoms with van der Waals surface area (Å²) < 4.78 is 1.10. The van der Waals surface area contributed by atoms with E-state index in [0.717, 1.165) is 31.2 Å². The van der Waals surface area contributed by atoms with Gasteiger partial charge < -0.3 is 9.82 Å². The van der Waals surface area contributed by atoms with Crippen LogP contribution in [0.25, 0.3) is 10.9 Å². The summed E-state index contributed by atoms with van der Waals surface area (Å²) in [7, 11) is 0. The standard InChI is InChI=1S/C21H15N5O4/c27-19-16-6-1-2-7-17(16)20(28)26(19)25(21(29)30-24-10-9-22-13-24)12-14-11-23-18-8-4-3-5-15(14)18/h1-11,13,23H,12H2. The third-order valence-corrected chi connectivity index (χ3v) is 4.88. The predicted molar refractivity (Wildman–Crippen MR) is 105 cm³/mol. The number of H-pyrrole nitrogens is 1. The van der Waals surface area contributed by atoms with Crippen molar-refractivity contribution < 1.29 is 19.2 Å². The molecule has 1 N–H and O–H groups in total. The Hall–Kier alpha value is -4.40. The molecule has 3 heterocycles. The Morgan fingerprint density at radius 1 is 1.03 bits per heavy atom. The molecule has 0 spiro atoms. The van der Waals surface area contributed by atoms with E-state index in [1.54, 1.807) is 30.5 Å². The fourth-order valence-corrected chi connectivity index (χ4v) is 3.47. The second kappa shape index (κ2) is 6.89. The average Bonchev–Trinajstić information content (AvgIpc) is 3.47. The number of imidazole rings is 1. The normalized spacial score (nSPS) is 13.0. The Morgan fingerprint density at radius 3 is 2.43 bits per heavy atom. The Labute approximate surface area is 170 Å². The van der Waals surface area contributed by atoms with Gasteiger partial charge in [-0.15, -0.1) is 0 Å². The number of benzene rings is 2. The molecule has 30 heavy (non-hydrogen) atoms. The number of rotatable bonds is 4. The lowest BCUT2D eigenvalue weighted by atomic mass is 10.1. The number of hydrogen-bond donors (Lipinski definition) is 1. The van der Waals surface area contributed by atoms with Gasteiger partial charge in [0.2, 0.25) is 0 Å². The van der Waals surface area contributed by atoms with Crippen LogP contribution in [0.15, 0.2) is 73.4 Å². The fraction of sp³-hybridized carbons (Fsp3) is 0.0476. The van der Waals surface area contributed by atoms with Gasteiger partial charge in [-0.2, -0.15) is 9.74 Å². The molecular formula is C21H15N5O4. The molecule has 0 radical (unpaired) electrons. The highest BCUT2D eigenvalue weighted by molar-refractivity contribution is 6.21. The van der Waals surface area contributed by atoms with Crippen LogP contribution in [0.2, 0.25) is 0 Å². The molecule has 2 aromatic heterocycles. The monoisotopic (exact) mass is 401 g/mol. The minimum atomic E-state index is -0.896. The number of hydrazine groups is 1. The first-order valence-corrected chi connectivity index (χ1v) is 9.14. The highest BCUT2D eigenvalue weighted by Gasteiger charge is 2.42. The Bertz CT molecular complexity index is 1240. The van der Waals surface area contributed by atoms with Crippen molar-refractivity contribution in [3.63, 3.8) is 0 Å². The molecular weight excluding hydrogens is 386 g/mol. The molecule has 0 unspecified atom stereocenters. The van der Waals surface area contributed by atoms with E-state index in [4.69, 9.17) is 4.84 Å². The Morgan fingerprint density at radius 2 is 1.73 bits per heavy atom.